The zero-order valence-corrected chi connectivity index (χ0v) is 8.20. The second kappa shape index (κ2) is 5.26. The minimum absolute atomic E-state index is 0.351. The van der Waals surface area contributed by atoms with Gasteiger partial charge in [0.25, 0.3) is 0 Å². The molecule has 0 aliphatic carbocycles. The van der Waals surface area contributed by atoms with E-state index in [0.29, 0.717) is 11.4 Å². The molecule has 1 N–H and O–H groups in total. The second-order valence-corrected chi connectivity index (χ2v) is 3.80. The third-order valence-electron chi connectivity index (χ3n) is 1.62. The fraction of sp³-hybridized carbons (Fsp3) is 0.375. The van der Waals surface area contributed by atoms with Crippen molar-refractivity contribution in [2.24, 2.45) is 5.11 Å². The summed E-state index contributed by atoms with van der Waals surface area (Å²) < 4.78 is 0. The number of carboxylic acid groups (broad SMARTS) is 1. The Morgan fingerprint density at radius 2 is 2.43 bits per heavy atom. The monoisotopic (exact) mass is 211 g/mol. The Morgan fingerprint density at radius 1 is 1.64 bits per heavy atom. The first kappa shape index (κ1) is 10.6. The summed E-state index contributed by atoms with van der Waals surface area (Å²) >= 11 is 1.26. The summed E-state index contributed by atoms with van der Waals surface area (Å²) in [5.74, 6) is -0.892. The van der Waals surface area contributed by atoms with Gasteiger partial charge in [0.15, 0.2) is 0 Å². The predicted octanol–water partition coefficient (Wildman–Crippen LogP) is 2.69. The van der Waals surface area contributed by atoms with Crippen LogP contribution in [0.25, 0.3) is 10.4 Å². The van der Waals surface area contributed by atoms with Gasteiger partial charge in [-0.05, 0) is 30.5 Å². The minimum atomic E-state index is -0.892. The molecule has 1 aromatic rings. The van der Waals surface area contributed by atoms with Crippen molar-refractivity contribution in [3.8, 4) is 0 Å². The predicted molar refractivity (Wildman–Crippen MR) is 53.6 cm³/mol. The van der Waals surface area contributed by atoms with Crippen LogP contribution < -0.4 is 0 Å². The van der Waals surface area contributed by atoms with Crippen LogP contribution in [0.15, 0.2) is 17.2 Å². The van der Waals surface area contributed by atoms with E-state index in [9.17, 15) is 4.79 Å². The van der Waals surface area contributed by atoms with E-state index in [2.05, 4.69) is 10.0 Å². The van der Waals surface area contributed by atoms with Crippen molar-refractivity contribution in [1.29, 1.82) is 0 Å². The highest BCUT2D eigenvalue weighted by Crippen LogP contribution is 2.17. The summed E-state index contributed by atoms with van der Waals surface area (Å²) in [6.07, 6.45) is 1.51. The fourth-order valence-corrected chi connectivity index (χ4v) is 1.88. The molecule has 1 rings (SSSR count). The van der Waals surface area contributed by atoms with Gasteiger partial charge in [0, 0.05) is 16.3 Å². The molecule has 14 heavy (non-hydrogen) atoms. The Labute approximate surface area is 84.6 Å². The van der Waals surface area contributed by atoms with Gasteiger partial charge in [-0.3, -0.25) is 0 Å². The Kier molecular flexibility index (Phi) is 3.97. The van der Waals surface area contributed by atoms with Crippen molar-refractivity contribution in [2.75, 3.05) is 6.54 Å². The summed E-state index contributed by atoms with van der Waals surface area (Å²) in [6, 6.07) is 3.39. The van der Waals surface area contributed by atoms with E-state index in [1.54, 1.807) is 12.1 Å². The molecule has 6 heteroatoms. The number of rotatable bonds is 5. The number of thiophene rings is 1. The zero-order chi connectivity index (χ0) is 10.4. The molecule has 0 amide bonds. The Balaban J connectivity index is 2.43. The van der Waals surface area contributed by atoms with Crippen molar-refractivity contribution < 1.29 is 9.90 Å². The molecule has 0 saturated heterocycles. The van der Waals surface area contributed by atoms with Crippen LogP contribution in [0.5, 0.6) is 0 Å². The average Bonchev–Trinajstić information content (AvgIpc) is 2.61. The lowest BCUT2D eigenvalue weighted by Gasteiger charge is -1.91. The summed E-state index contributed by atoms with van der Waals surface area (Å²) in [5.41, 5.74) is 8.02. The first-order chi connectivity index (χ1) is 6.74. The highest BCUT2D eigenvalue weighted by molar-refractivity contribution is 7.13. The lowest BCUT2D eigenvalue weighted by atomic mass is 10.3. The van der Waals surface area contributed by atoms with Crippen LogP contribution >= 0.6 is 11.3 Å². The van der Waals surface area contributed by atoms with E-state index in [1.165, 1.54) is 11.3 Å². The van der Waals surface area contributed by atoms with Gasteiger partial charge >= 0.3 is 5.97 Å². The van der Waals surface area contributed by atoms with E-state index in [0.717, 1.165) is 17.7 Å². The van der Waals surface area contributed by atoms with Crippen LogP contribution in [0.4, 0.5) is 0 Å². The van der Waals surface area contributed by atoms with Gasteiger partial charge in [-0.1, -0.05) is 5.11 Å². The molecule has 0 saturated carbocycles. The molecule has 0 aliphatic heterocycles. The maximum absolute atomic E-state index is 10.5. The standard InChI is InChI=1S/C8H9N3O2S/c9-11-10-5-1-2-6-3-4-7(14-6)8(12)13/h3-4H,1-2,5H2,(H,12,13). The van der Waals surface area contributed by atoms with E-state index in [-0.39, 0.29) is 0 Å². The zero-order valence-electron chi connectivity index (χ0n) is 7.38. The molecule has 0 unspecified atom stereocenters. The molecule has 0 aliphatic rings. The van der Waals surface area contributed by atoms with Gasteiger partial charge < -0.3 is 5.11 Å². The normalized spacial score (nSPS) is 9.43. The summed E-state index contributed by atoms with van der Waals surface area (Å²) in [7, 11) is 0. The van der Waals surface area contributed by atoms with E-state index < -0.39 is 5.97 Å². The molecule has 0 fully saturated rings. The van der Waals surface area contributed by atoms with Crippen molar-refractivity contribution >= 4 is 17.3 Å². The number of hydrogen-bond acceptors (Lipinski definition) is 3. The summed E-state index contributed by atoms with van der Waals surface area (Å²) in [5, 5.41) is 12.0. The summed E-state index contributed by atoms with van der Waals surface area (Å²) in [4.78, 5) is 14.5. The van der Waals surface area contributed by atoms with Crippen molar-refractivity contribution in [3.05, 3.63) is 32.3 Å². The third kappa shape index (κ3) is 3.08. The Morgan fingerprint density at radius 3 is 3.00 bits per heavy atom. The lowest BCUT2D eigenvalue weighted by Crippen LogP contribution is -1.89. The second-order valence-electron chi connectivity index (χ2n) is 2.63. The van der Waals surface area contributed by atoms with Crippen LogP contribution in [0.3, 0.4) is 0 Å². The molecule has 0 bridgehead atoms. The Bertz CT molecular complexity index is 368. The first-order valence-corrected chi connectivity index (χ1v) is 4.88. The van der Waals surface area contributed by atoms with Gasteiger partial charge in [-0.15, -0.1) is 11.3 Å². The number of carbonyl (C=O) groups is 1. The maximum Gasteiger partial charge on any atom is 0.345 e. The quantitative estimate of drug-likeness (QED) is 0.351. The highest BCUT2D eigenvalue weighted by Gasteiger charge is 2.05. The van der Waals surface area contributed by atoms with Crippen LogP contribution in [0, 0.1) is 0 Å². The number of azide groups is 1. The topological polar surface area (TPSA) is 86.1 Å². The largest absolute Gasteiger partial charge is 0.477 e. The molecular weight excluding hydrogens is 202 g/mol. The van der Waals surface area contributed by atoms with E-state index >= 15 is 0 Å². The van der Waals surface area contributed by atoms with Gasteiger partial charge in [0.1, 0.15) is 4.88 Å². The number of carboxylic acids is 1. The van der Waals surface area contributed by atoms with E-state index in [1.807, 2.05) is 0 Å². The number of nitrogens with zero attached hydrogens (tertiary/aromatic N) is 3. The van der Waals surface area contributed by atoms with E-state index in [4.69, 9.17) is 10.6 Å². The van der Waals surface area contributed by atoms with Crippen LogP contribution in [-0.2, 0) is 6.42 Å². The van der Waals surface area contributed by atoms with Crippen LogP contribution in [-0.4, -0.2) is 17.6 Å². The molecule has 0 spiro atoms. The van der Waals surface area contributed by atoms with Crippen LogP contribution in [0.1, 0.15) is 21.0 Å². The fourth-order valence-electron chi connectivity index (χ4n) is 0.996. The molecular formula is C8H9N3O2S. The van der Waals surface area contributed by atoms with Gasteiger partial charge in [-0.2, -0.15) is 0 Å². The maximum atomic E-state index is 10.5. The smallest absolute Gasteiger partial charge is 0.345 e. The molecule has 0 atom stereocenters. The lowest BCUT2D eigenvalue weighted by molar-refractivity contribution is 0.0702. The number of aromatic carboxylic acids is 1. The van der Waals surface area contributed by atoms with Gasteiger partial charge in [-0.25, -0.2) is 4.79 Å². The molecule has 5 nitrogen and oxygen atoms in total. The van der Waals surface area contributed by atoms with Gasteiger partial charge in [0.05, 0.1) is 0 Å². The molecule has 74 valence electrons. The highest BCUT2D eigenvalue weighted by atomic mass is 32.1. The van der Waals surface area contributed by atoms with Gasteiger partial charge in [0.2, 0.25) is 0 Å². The average molecular weight is 211 g/mol. The van der Waals surface area contributed by atoms with Crippen molar-refractivity contribution in [3.63, 3.8) is 0 Å². The molecule has 1 heterocycles. The molecule has 0 radical (unpaired) electrons. The third-order valence-corrected chi connectivity index (χ3v) is 2.75. The van der Waals surface area contributed by atoms with Crippen LogP contribution in [0.2, 0.25) is 0 Å². The molecule has 0 aromatic carbocycles. The minimum Gasteiger partial charge on any atom is -0.477 e. The number of hydrogen-bond donors (Lipinski definition) is 1. The first-order valence-electron chi connectivity index (χ1n) is 4.07. The van der Waals surface area contributed by atoms with Crippen molar-refractivity contribution in [1.82, 2.24) is 0 Å². The summed E-state index contributed by atoms with van der Waals surface area (Å²) in [6.45, 7) is 0.455. The Hall–Kier alpha value is -1.52. The SMILES string of the molecule is [N-]=[N+]=NCCCc1ccc(C(=O)O)s1. The molecule has 1 aromatic heterocycles. The number of aryl methyl sites for hydroxylation is 1. The van der Waals surface area contributed by atoms with Crippen molar-refractivity contribution in [2.45, 2.75) is 12.8 Å².